The summed E-state index contributed by atoms with van der Waals surface area (Å²) in [5.41, 5.74) is -0.0580. The molecule has 1 heterocycles. The SMILES string of the molecule is CCC(CC)[C@H](Oc1cc(F)cc(Cl)c1)[C@H](C)OC(=O)[C@@H](CC(=O)c1nccc(OC)c1OCOC(C)=O)CC(C)C. The molecule has 0 unspecified atom stereocenters. The molecule has 2 aromatic rings. The highest BCUT2D eigenvalue weighted by Gasteiger charge is 2.34. The van der Waals surface area contributed by atoms with Gasteiger partial charge in [-0.05, 0) is 50.2 Å². The number of nitrogens with zero attached hydrogens (tertiary/aromatic N) is 1. The molecule has 2 rings (SSSR count). The molecule has 0 radical (unpaired) electrons. The zero-order valence-corrected chi connectivity index (χ0v) is 26.0. The first-order valence-corrected chi connectivity index (χ1v) is 14.4. The number of aromatic nitrogens is 1. The maximum absolute atomic E-state index is 14.0. The van der Waals surface area contributed by atoms with Crippen molar-refractivity contribution in [1.29, 1.82) is 0 Å². The first-order chi connectivity index (χ1) is 19.9. The van der Waals surface area contributed by atoms with E-state index in [1.165, 1.54) is 44.5 Å². The first kappa shape index (κ1) is 34.8. The summed E-state index contributed by atoms with van der Waals surface area (Å²) in [7, 11) is 1.40. The Balaban J connectivity index is 2.29. The minimum atomic E-state index is -0.791. The van der Waals surface area contributed by atoms with Crippen molar-refractivity contribution in [2.75, 3.05) is 13.9 Å². The molecule has 1 aromatic carbocycles. The highest BCUT2D eigenvalue weighted by Crippen LogP contribution is 2.33. The van der Waals surface area contributed by atoms with Crippen molar-refractivity contribution in [2.45, 2.75) is 79.4 Å². The van der Waals surface area contributed by atoms with E-state index < -0.39 is 48.5 Å². The van der Waals surface area contributed by atoms with Crippen LogP contribution in [0, 0.1) is 23.6 Å². The Bertz CT molecular complexity index is 1180. The Morgan fingerprint density at radius 3 is 2.33 bits per heavy atom. The van der Waals surface area contributed by atoms with Crippen molar-refractivity contribution >= 4 is 29.3 Å². The fourth-order valence-electron chi connectivity index (χ4n) is 4.68. The van der Waals surface area contributed by atoms with E-state index in [0.29, 0.717) is 6.42 Å². The van der Waals surface area contributed by atoms with Crippen molar-refractivity contribution in [2.24, 2.45) is 17.8 Å². The third-order valence-electron chi connectivity index (χ3n) is 6.73. The number of Topliss-reactive ketones (excluding diaryl/α,β-unsaturated/α-hetero) is 1. The molecule has 0 saturated heterocycles. The standard InChI is InChI=1S/C31H41ClFNO8/c1-8-21(9-2)29(42-25-15-23(32)14-24(33)16-25)19(5)41-31(37)22(12-18(3)4)13-26(36)28-30(40-17-39-20(6)35)27(38-7)10-11-34-28/h10-11,14-16,18-19,21-22,29H,8-9,12-13,17H2,1-7H3/t19-,22+,29+/m0/s1. The van der Waals surface area contributed by atoms with Gasteiger partial charge < -0.3 is 23.7 Å². The number of pyridine rings is 1. The van der Waals surface area contributed by atoms with Crippen LogP contribution in [0.25, 0.3) is 0 Å². The largest absolute Gasteiger partial charge is 0.493 e. The number of ketones is 1. The van der Waals surface area contributed by atoms with Gasteiger partial charge in [-0.3, -0.25) is 14.4 Å². The van der Waals surface area contributed by atoms with E-state index in [2.05, 4.69) is 4.98 Å². The fraction of sp³-hybridized carbons (Fsp3) is 0.548. The molecule has 42 heavy (non-hydrogen) atoms. The normalized spacial score (nSPS) is 13.3. The molecule has 0 fully saturated rings. The molecular formula is C31H41ClFNO8. The molecule has 0 bridgehead atoms. The van der Waals surface area contributed by atoms with E-state index in [0.717, 1.165) is 12.8 Å². The van der Waals surface area contributed by atoms with Crippen LogP contribution in [0.4, 0.5) is 4.39 Å². The highest BCUT2D eigenvalue weighted by atomic mass is 35.5. The van der Waals surface area contributed by atoms with E-state index in [4.69, 9.17) is 35.3 Å². The van der Waals surface area contributed by atoms with Gasteiger partial charge in [0.25, 0.3) is 0 Å². The third-order valence-corrected chi connectivity index (χ3v) is 6.94. The van der Waals surface area contributed by atoms with Gasteiger partial charge in [-0.25, -0.2) is 9.37 Å². The van der Waals surface area contributed by atoms with Gasteiger partial charge >= 0.3 is 11.9 Å². The summed E-state index contributed by atoms with van der Waals surface area (Å²) in [6, 6.07) is 5.43. The van der Waals surface area contributed by atoms with E-state index in [9.17, 15) is 18.8 Å². The van der Waals surface area contributed by atoms with Crippen LogP contribution >= 0.6 is 11.6 Å². The van der Waals surface area contributed by atoms with Gasteiger partial charge in [0.2, 0.25) is 6.79 Å². The average Bonchev–Trinajstić information content (AvgIpc) is 2.91. The Kier molecular flexibility index (Phi) is 14.0. The fourth-order valence-corrected chi connectivity index (χ4v) is 4.89. The maximum Gasteiger partial charge on any atom is 0.309 e. The predicted molar refractivity (Wildman–Crippen MR) is 155 cm³/mol. The first-order valence-electron chi connectivity index (χ1n) is 14.1. The number of carbonyl (C=O) groups is 3. The lowest BCUT2D eigenvalue weighted by Crippen LogP contribution is -2.41. The van der Waals surface area contributed by atoms with E-state index in [-0.39, 0.29) is 46.2 Å². The van der Waals surface area contributed by atoms with E-state index >= 15 is 0 Å². The summed E-state index contributed by atoms with van der Waals surface area (Å²) < 4.78 is 41.7. The molecule has 3 atom stereocenters. The second-order valence-corrected chi connectivity index (χ2v) is 10.9. The number of esters is 2. The Morgan fingerprint density at radius 2 is 1.76 bits per heavy atom. The second kappa shape index (κ2) is 16.9. The lowest BCUT2D eigenvalue weighted by molar-refractivity contribution is -0.160. The Hall–Kier alpha value is -3.40. The molecule has 0 N–H and O–H groups in total. The smallest absolute Gasteiger partial charge is 0.309 e. The summed E-state index contributed by atoms with van der Waals surface area (Å²) in [4.78, 5) is 42.3. The number of halogens is 2. The van der Waals surface area contributed by atoms with Gasteiger partial charge in [-0.1, -0.05) is 39.3 Å². The number of hydrogen-bond donors (Lipinski definition) is 0. The van der Waals surface area contributed by atoms with Crippen LogP contribution in [0.15, 0.2) is 30.5 Å². The van der Waals surface area contributed by atoms with Crippen LogP contribution in [0.2, 0.25) is 5.02 Å². The predicted octanol–water partition coefficient (Wildman–Crippen LogP) is 6.83. The summed E-state index contributed by atoms with van der Waals surface area (Å²) in [5.74, 6) is -2.39. The molecule has 0 spiro atoms. The van der Waals surface area contributed by atoms with Gasteiger partial charge in [-0.2, -0.15) is 0 Å². The molecule has 0 aliphatic rings. The topological polar surface area (TPSA) is 110 Å². The van der Waals surface area contributed by atoms with Crippen molar-refractivity contribution in [3.05, 3.63) is 47.0 Å². The Labute approximate surface area is 252 Å². The summed E-state index contributed by atoms with van der Waals surface area (Å²) in [5, 5.41) is 0.191. The number of methoxy groups -OCH3 is 1. The van der Waals surface area contributed by atoms with Crippen LogP contribution in [0.1, 0.15) is 77.7 Å². The van der Waals surface area contributed by atoms with Crippen molar-refractivity contribution in [3.8, 4) is 17.2 Å². The number of hydrogen-bond acceptors (Lipinski definition) is 9. The molecule has 232 valence electrons. The van der Waals surface area contributed by atoms with Crippen LogP contribution in [0.5, 0.6) is 17.2 Å². The molecule has 9 nitrogen and oxygen atoms in total. The van der Waals surface area contributed by atoms with Crippen molar-refractivity contribution < 1.29 is 42.5 Å². The lowest BCUT2D eigenvalue weighted by Gasteiger charge is -2.32. The summed E-state index contributed by atoms with van der Waals surface area (Å²) in [6.45, 7) is 10.4. The number of rotatable bonds is 17. The molecule has 0 amide bonds. The van der Waals surface area contributed by atoms with Crippen LogP contribution in [0.3, 0.4) is 0 Å². The monoisotopic (exact) mass is 609 g/mol. The highest BCUT2D eigenvalue weighted by molar-refractivity contribution is 6.30. The van der Waals surface area contributed by atoms with Gasteiger partial charge in [-0.15, -0.1) is 0 Å². The number of carbonyl (C=O) groups excluding carboxylic acids is 3. The minimum absolute atomic E-state index is 0.00191. The molecule has 1 aromatic heterocycles. The zero-order valence-electron chi connectivity index (χ0n) is 25.3. The summed E-state index contributed by atoms with van der Waals surface area (Å²) >= 11 is 6.02. The summed E-state index contributed by atoms with van der Waals surface area (Å²) in [6.07, 6.45) is 1.73. The number of ether oxygens (including phenoxy) is 5. The molecule has 0 saturated carbocycles. The van der Waals surface area contributed by atoms with Crippen molar-refractivity contribution in [1.82, 2.24) is 4.98 Å². The molecule has 0 aliphatic heterocycles. The Morgan fingerprint density at radius 1 is 1.07 bits per heavy atom. The minimum Gasteiger partial charge on any atom is -0.493 e. The van der Waals surface area contributed by atoms with Gasteiger partial charge in [0.05, 0.1) is 13.0 Å². The van der Waals surface area contributed by atoms with Crippen LogP contribution < -0.4 is 14.2 Å². The third kappa shape index (κ3) is 10.5. The molecule has 0 aliphatic carbocycles. The average molecular weight is 610 g/mol. The van der Waals surface area contributed by atoms with Gasteiger partial charge in [0, 0.05) is 36.7 Å². The van der Waals surface area contributed by atoms with Crippen molar-refractivity contribution in [3.63, 3.8) is 0 Å². The van der Waals surface area contributed by atoms with E-state index in [1.807, 2.05) is 27.7 Å². The van der Waals surface area contributed by atoms with E-state index in [1.54, 1.807) is 6.92 Å². The van der Waals surface area contributed by atoms with Crippen LogP contribution in [-0.2, 0) is 19.1 Å². The zero-order chi connectivity index (χ0) is 31.4. The molecule has 11 heteroatoms. The second-order valence-electron chi connectivity index (χ2n) is 10.4. The quantitative estimate of drug-likeness (QED) is 0.108. The van der Waals surface area contributed by atoms with Gasteiger partial charge in [0.15, 0.2) is 23.0 Å². The molecular weight excluding hydrogens is 569 g/mol. The maximum atomic E-state index is 14.0. The number of benzene rings is 1. The lowest BCUT2D eigenvalue weighted by atomic mass is 9.90. The van der Waals surface area contributed by atoms with Crippen LogP contribution in [-0.4, -0.2) is 48.8 Å². The van der Waals surface area contributed by atoms with Gasteiger partial charge in [0.1, 0.15) is 23.8 Å².